The average molecular weight is 540 g/mol. The molecule has 1 aliphatic heterocycles. The van der Waals surface area contributed by atoms with Crippen LogP contribution in [0.25, 0.3) is 11.1 Å². The smallest absolute Gasteiger partial charge is 0.321 e. The van der Waals surface area contributed by atoms with E-state index in [0.29, 0.717) is 30.2 Å². The summed E-state index contributed by atoms with van der Waals surface area (Å²) in [5, 5.41) is 2.98. The van der Waals surface area contributed by atoms with Crippen LogP contribution in [-0.2, 0) is 16.0 Å². The van der Waals surface area contributed by atoms with Crippen LogP contribution in [0, 0.1) is 11.7 Å². The molecule has 1 unspecified atom stereocenters. The molecule has 0 saturated carbocycles. The van der Waals surface area contributed by atoms with Gasteiger partial charge in [-0.05, 0) is 67.0 Å². The number of carbonyl (C=O) groups is 2. The van der Waals surface area contributed by atoms with E-state index in [1.807, 2.05) is 42.2 Å². The Balaban J connectivity index is 1.64. The molecule has 39 heavy (non-hydrogen) atoms. The highest BCUT2D eigenvalue weighted by molar-refractivity contribution is 5.92. The fraction of sp³-hybridized carbons (Fsp3) is 0.562. The number of piperidine rings is 1. The number of benzene rings is 2. The van der Waals surface area contributed by atoms with Crippen LogP contribution in [0.5, 0.6) is 0 Å². The number of rotatable bonds is 13. The lowest BCUT2D eigenvalue weighted by Gasteiger charge is -2.33. The molecule has 6 nitrogen and oxygen atoms in total. The number of anilines is 1. The third kappa shape index (κ3) is 9.06. The van der Waals surface area contributed by atoms with E-state index in [1.165, 1.54) is 25.3 Å². The van der Waals surface area contributed by atoms with Crippen molar-refractivity contribution in [2.75, 3.05) is 38.2 Å². The summed E-state index contributed by atoms with van der Waals surface area (Å²) < 4.78 is 21.0. The van der Waals surface area contributed by atoms with Crippen LogP contribution in [0.2, 0.25) is 0 Å². The highest BCUT2D eigenvalue weighted by Crippen LogP contribution is 2.27. The molecule has 1 fully saturated rings. The molecule has 1 N–H and O–H groups in total. The Labute approximate surface area is 233 Å². The van der Waals surface area contributed by atoms with Gasteiger partial charge in [0.15, 0.2) is 0 Å². The fourth-order valence-corrected chi connectivity index (χ4v) is 5.00. The quantitative estimate of drug-likeness (QED) is 0.284. The van der Waals surface area contributed by atoms with Crippen molar-refractivity contribution >= 4 is 17.6 Å². The highest BCUT2D eigenvalue weighted by atomic mass is 19.1. The summed E-state index contributed by atoms with van der Waals surface area (Å²) in [6.07, 6.45) is 7.20. The van der Waals surface area contributed by atoms with Crippen molar-refractivity contribution in [1.29, 1.82) is 0 Å². The Kier molecular flexibility index (Phi) is 12.2. The van der Waals surface area contributed by atoms with Crippen LogP contribution in [0.3, 0.4) is 0 Å². The number of amides is 3. The normalized spacial score (nSPS) is 14.7. The average Bonchev–Trinajstić information content (AvgIpc) is 2.95. The van der Waals surface area contributed by atoms with Gasteiger partial charge in [-0.1, -0.05) is 63.8 Å². The Morgan fingerprint density at radius 1 is 1.05 bits per heavy atom. The van der Waals surface area contributed by atoms with Crippen LogP contribution in [0.1, 0.15) is 71.3 Å². The minimum Gasteiger partial charge on any atom is -0.368 e. The number of urea groups is 1. The molecule has 0 bridgehead atoms. The molecule has 1 saturated heterocycles. The van der Waals surface area contributed by atoms with Gasteiger partial charge < -0.3 is 15.0 Å². The maximum absolute atomic E-state index is 15.3. The van der Waals surface area contributed by atoms with Crippen molar-refractivity contribution < 1.29 is 18.7 Å². The second-order valence-electron chi connectivity index (χ2n) is 10.7. The number of unbranched alkanes of at least 4 members (excludes halogenated alkanes) is 4. The first-order valence-electron chi connectivity index (χ1n) is 14.6. The summed E-state index contributed by atoms with van der Waals surface area (Å²) in [6, 6.07) is 12.5. The van der Waals surface area contributed by atoms with Gasteiger partial charge in [0.05, 0.1) is 0 Å². The number of nitrogens with zero attached hydrogens (tertiary/aromatic N) is 2. The fourth-order valence-electron chi connectivity index (χ4n) is 5.00. The van der Waals surface area contributed by atoms with Gasteiger partial charge >= 0.3 is 6.03 Å². The predicted molar refractivity (Wildman–Crippen MR) is 156 cm³/mol. The summed E-state index contributed by atoms with van der Waals surface area (Å²) in [5.74, 6) is 0.205. The van der Waals surface area contributed by atoms with Gasteiger partial charge in [-0.15, -0.1) is 0 Å². The van der Waals surface area contributed by atoms with Crippen LogP contribution < -0.4 is 10.2 Å². The standard InChI is InChI=1S/C32H46FN3O3/c1-5-7-8-9-10-18-34-32(38)35(4)28-13-11-12-25(21-28)26-14-15-27(29(33)22-26)23-30(39-6-2)31(37)36-19-16-24(3)17-20-36/h11-15,21-22,24,30H,5-10,16-20,23H2,1-4H3,(H,34,38). The summed E-state index contributed by atoms with van der Waals surface area (Å²) in [4.78, 5) is 29.2. The summed E-state index contributed by atoms with van der Waals surface area (Å²) in [7, 11) is 1.74. The molecule has 1 aliphatic rings. The van der Waals surface area contributed by atoms with Crippen molar-refractivity contribution in [3.05, 3.63) is 53.8 Å². The van der Waals surface area contributed by atoms with Crippen LogP contribution >= 0.6 is 0 Å². The number of hydrogen-bond donors (Lipinski definition) is 1. The van der Waals surface area contributed by atoms with E-state index in [0.717, 1.165) is 50.0 Å². The van der Waals surface area contributed by atoms with Gasteiger partial charge in [0.2, 0.25) is 0 Å². The van der Waals surface area contributed by atoms with Crippen molar-refractivity contribution in [2.45, 2.75) is 78.2 Å². The van der Waals surface area contributed by atoms with Crippen molar-refractivity contribution in [3.63, 3.8) is 0 Å². The zero-order valence-electron chi connectivity index (χ0n) is 24.2. The molecule has 1 heterocycles. The van der Waals surface area contributed by atoms with E-state index in [2.05, 4.69) is 19.2 Å². The molecule has 0 aliphatic carbocycles. The summed E-state index contributed by atoms with van der Waals surface area (Å²) in [6.45, 7) is 8.76. The second-order valence-corrected chi connectivity index (χ2v) is 10.7. The highest BCUT2D eigenvalue weighted by Gasteiger charge is 2.28. The summed E-state index contributed by atoms with van der Waals surface area (Å²) >= 11 is 0. The van der Waals surface area contributed by atoms with Crippen molar-refractivity contribution in [1.82, 2.24) is 10.2 Å². The first kappa shape index (κ1) is 30.6. The maximum atomic E-state index is 15.3. The lowest BCUT2D eigenvalue weighted by molar-refractivity contribution is -0.144. The molecule has 3 rings (SSSR count). The third-order valence-corrected chi connectivity index (χ3v) is 7.62. The molecule has 2 aromatic carbocycles. The molecule has 2 aromatic rings. The summed E-state index contributed by atoms with van der Waals surface area (Å²) in [5.41, 5.74) is 2.73. The molecular weight excluding hydrogens is 493 g/mol. The number of halogens is 1. The molecule has 0 aromatic heterocycles. The zero-order chi connectivity index (χ0) is 28.2. The number of ether oxygens (including phenoxy) is 1. The second kappa shape index (κ2) is 15.6. The largest absolute Gasteiger partial charge is 0.368 e. The van der Waals surface area contributed by atoms with Crippen LogP contribution in [-0.4, -0.2) is 56.2 Å². The first-order chi connectivity index (χ1) is 18.8. The Bertz CT molecular complexity index is 1070. The topological polar surface area (TPSA) is 61.9 Å². The first-order valence-corrected chi connectivity index (χ1v) is 14.6. The SMILES string of the molecule is CCCCCCCNC(=O)N(C)c1cccc(-c2ccc(CC(OCC)C(=O)N3CCC(C)CC3)c(F)c2)c1. The molecule has 1 atom stereocenters. The van der Waals surface area contributed by atoms with Crippen molar-refractivity contribution in [2.24, 2.45) is 5.92 Å². The molecule has 214 valence electrons. The van der Waals surface area contributed by atoms with Gasteiger partial charge in [-0.3, -0.25) is 9.69 Å². The maximum Gasteiger partial charge on any atom is 0.321 e. The van der Waals surface area contributed by atoms with Gasteiger partial charge in [-0.2, -0.15) is 0 Å². The van der Waals surface area contributed by atoms with Gasteiger partial charge in [0.1, 0.15) is 11.9 Å². The van der Waals surface area contributed by atoms with Gasteiger partial charge in [0, 0.05) is 45.4 Å². The number of nitrogens with one attached hydrogen (secondary N) is 1. The molecule has 7 heteroatoms. The Morgan fingerprint density at radius 2 is 1.77 bits per heavy atom. The lowest BCUT2D eigenvalue weighted by Crippen LogP contribution is -2.45. The molecular formula is C32H46FN3O3. The Hall–Kier alpha value is -2.93. The minimum absolute atomic E-state index is 0.0535. The van der Waals surface area contributed by atoms with E-state index >= 15 is 4.39 Å². The van der Waals surface area contributed by atoms with Crippen LogP contribution in [0.15, 0.2) is 42.5 Å². The van der Waals surface area contributed by atoms with E-state index < -0.39 is 6.10 Å². The van der Waals surface area contributed by atoms with E-state index in [-0.39, 0.29) is 24.2 Å². The monoisotopic (exact) mass is 539 g/mol. The van der Waals surface area contributed by atoms with Gasteiger partial charge in [-0.25, -0.2) is 9.18 Å². The van der Waals surface area contributed by atoms with E-state index in [9.17, 15) is 9.59 Å². The predicted octanol–water partition coefficient (Wildman–Crippen LogP) is 6.82. The molecule has 0 spiro atoms. The number of likely N-dealkylation sites (tertiary alicyclic amines) is 1. The minimum atomic E-state index is -0.689. The lowest BCUT2D eigenvalue weighted by atomic mass is 9.97. The number of carbonyl (C=O) groups excluding carboxylic acids is 2. The van der Waals surface area contributed by atoms with E-state index in [1.54, 1.807) is 18.0 Å². The number of hydrogen-bond acceptors (Lipinski definition) is 3. The third-order valence-electron chi connectivity index (χ3n) is 7.62. The molecule has 3 amide bonds. The Morgan fingerprint density at radius 3 is 2.46 bits per heavy atom. The molecule has 0 radical (unpaired) electrons. The van der Waals surface area contributed by atoms with E-state index in [4.69, 9.17) is 4.74 Å². The van der Waals surface area contributed by atoms with Gasteiger partial charge in [0.25, 0.3) is 5.91 Å². The zero-order valence-corrected chi connectivity index (χ0v) is 24.2. The van der Waals surface area contributed by atoms with Crippen molar-refractivity contribution in [3.8, 4) is 11.1 Å². The van der Waals surface area contributed by atoms with Crippen LogP contribution in [0.4, 0.5) is 14.9 Å².